The summed E-state index contributed by atoms with van der Waals surface area (Å²) in [5.74, 6) is 1.55. The number of imidazole rings is 1. The molecule has 0 aliphatic rings. The Labute approximate surface area is 121 Å². The first-order chi connectivity index (χ1) is 9.11. The fraction of sp³-hybridized carbons (Fsp3) is 0.538. The molecule has 2 aromatic rings. The van der Waals surface area contributed by atoms with E-state index < -0.39 is 0 Å². The molecule has 5 nitrogen and oxygen atoms in total. The van der Waals surface area contributed by atoms with E-state index in [0.29, 0.717) is 12.5 Å². The summed E-state index contributed by atoms with van der Waals surface area (Å²) in [5.41, 5.74) is 7.36. The van der Waals surface area contributed by atoms with Crippen LogP contribution in [0, 0.1) is 5.92 Å². The van der Waals surface area contributed by atoms with Crippen molar-refractivity contribution in [3.63, 3.8) is 0 Å². The van der Waals surface area contributed by atoms with Gasteiger partial charge in [0.2, 0.25) is 0 Å². The normalized spacial score (nSPS) is 11.4. The first-order valence-corrected chi connectivity index (χ1v) is 7.39. The van der Waals surface area contributed by atoms with E-state index in [-0.39, 0.29) is 0 Å². The summed E-state index contributed by atoms with van der Waals surface area (Å²) in [6.07, 6.45) is 1.88. The van der Waals surface area contributed by atoms with E-state index in [0.717, 1.165) is 41.1 Å². The molecule has 0 unspecified atom stereocenters. The van der Waals surface area contributed by atoms with Gasteiger partial charge in [0.15, 0.2) is 5.65 Å². The van der Waals surface area contributed by atoms with Crippen molar-refractivity contribution in [1.82, 2.24) is 14.6 Å². The molecule has 6 heteroatoms. The molecule has 2 heterocycles. The molecule has 0 bridgehead atoms. The number of nitrogens with two attached hydrogens (primary N) is 1. The number of aromatic nitrogens is 3. The SMILES string of the molecule is CC(C)CCNc1ccc2nc(CCN)c(Br)n2n1. The van der Waals surface area contributed by atoms with E-state index in [1.807, 2.05) is 16.6 Å². The second-order valence-corrected chi connectivity index (χ2v) is 5.74. The van der Waals surface area contributed by atoms with Crippen LogP contribution in [0.4, 0.5) is 5.82 Å². The molecule has 0 aromatic carbocycles. The summed E-state index contributed by atoms with van der Waals surface area (Å²) in [7, 11) is 0. The molecule has 2 rings (SSSR count). The summed E-state index contributed by atoms with van der Waals surface area (Å²) in [6, 6.07) is 3.93. The first-order valence-electron chi connectivity index (χ1n) is 6.60. The first kappa shape index (κ1) is 14.3. The summed E-state index contributed by atoms with van der Waals surface area (Å²) < 4.78 is 2.70. The van der Waals surface area contributed by atoms with Crippen LogP contribution in [0.25, 0.3) is 5.65 Å². The minimum absolute atomic E-state index is 0.585. The number of nitrogens with zero attached hydrogens (tertiary/aromatic N) is 3. The molecule has 0 atom stereocenters. The third kappa shape index (κ3) is 3.45. The van der Waals surface area contributed by atoms with Crippen molar-refractivity contribution in [2.24, 2.45) is 11.7 Å². The lowest BCUT2D eigenvalue weighted by Crippen LogP contribution is -2.08. The second-order valence-electron chi connectivity index (χ2n) is 4.99. The largest absolute Gasteiger partial charge is 0.369 e. The number of rotatable bonds is 6. The van der Waals surface area contributed by atoms with Gasteiger partial charge in [-0.05, 0) is 46.9 Å². The van der Waals surface area contributed by atoms with Crippen molar-refractivity contribution in [3.05, 3.63) is 22.4 Å². The summed E-state index contributed by atoms with van der Waals surface area (Å²) >= 11 is 3.53. The van der Waals surface area contributed by atoms with E-state index in [1.54, 1.807) is 0 Å². The Morgan fingerprint density at radius 3 is 2.89 bits per heavy atom. The molecule has 3 N–H and O–H groups in total. The van der Waals surface area contributed by atoms with Crippen molar-refractivity contribution in [2.45, 2.75) is 26.7 Å². The lowest BCUT2D eigenvalue weighted by Gasteiger charge is -2.07. The zero-order valence-electron chi connectivity index (χ0n) is 11.4. The predicted octanol–water partition coefficient (Wildman–Crippen LogP) is 2.45. The lowest BCUT2D eigenvalue weighted by atomic mass is 10.1. The van der Waals surface area contributed by atoms with E-state index in [2.05, 4.69) is 45.2 Å². The van der Waals surface area contributed by atoms with Gasteiger partial charge in [-0.1, -0.05) is 13.8 Å². The smallest absolute Gasteiger partial charge is 0.155 e. The number of fused-ring (bicyclic) bond motifs is 1. The van der Waals surface area contributed by atoms with Crippen molar-refractivity contribution in [1.29, 1.82) is 0 Å². The Morgan fingerprint density at radius 1 is 1.42 bits per heavy atom. The average Bonchev–Trinajstić information content (AvgIpc) is 2.67. The summed E-state index contributed by atoms with van der Waals surface area (Å²) in [4.78, 5) is 4.50. The van der Waals surface area contributed by atoms with Crippen LogP contribution in [0.3, 0.4) is 0 Å². The van der Waals surface area contributed by atoms with Crippen LogP contribution in [0.15, 0.2) is 16.7 Å². The molecular weight excluding hydrogens is 306 g/mol. The molecule has 19 heavy (non-hydrogen) atoms. The van der Waals surface area contributed by atoms with Crippen LogP contribution in [0.1, 0.15) is 26.0 Å². The van der Waals surface area contributed by atoms with Crippen molar-refractivity contribution in [2.75, 3.05) is 18.4 Å². The Kier molecular flexibility index (Phi) is 4.76. The van der Waals surface area contributed by atoms with Gasteiger partial charge in [0.1, 0.15) is 10.4 Å². The van der Waals surface area contributed by atoms with Crippen molar-refractivity contribution < 1.29 is 0 Å². The van der Waals surface area contributed by atoms with Gasteiger partial charge in [-0.3, -0.25) is 0 Å². The summed E-state index contributed by atoms with van der Waals surface area (Å²) in [6.45, 7) is 5.94. The number of hydrogen-bond acceptors (Lipinski definition) is 4. The van der Waals surface area contributed by atoms with E-state index in [9.17, 15) is 0 Å². The average molecular weight is 326 g/mol. The maximum atomic E-state index is 5.57. The highest BCUT2D eigenvalue weighted by molar-refractivity contribution is 9.10. The maximum Gasteiger partial charge on any atom is 0.155 e. The number of halogens is 1. The third-order valence-electron chi connectivity index (χ3n) is 2.90. The molecule has 0 saturated carbocycles. The van der Waals surface area contributed by atoms with Gasteiger partial charge >= 0.3 is 0 Å². The third-order valence-corrected chi connectivity index (χ3v) is 3.69. The van der Waals surface area contributed by atoms with Crippen molar-refractivity contribution in [3.8, 4) is 0 Å². The van der Waals surface area contributed by atoms with Crippen LogP contribution >= 0.6 is 15.9 Å². The minimum atomic E-state index is 0.585. The van der Waals surface area contributed by atoms with Gasteiger partial charge in [-0.2, -0.15) is 0 Å². The van der Waals surface area contributed by atoms with Crippen LogP contribution in [0.5, 0.6) is 0 Å². The van der Waals surface area contributed by atoms with Crippen molar-refractivity contribution >= 4 is 27.4 Å². The number of nitrogens with one attached hydrogen (secondary N) is 1. The fourth-order valence-corrected chi connectivity index (χ4v) is 2.38. The topological polar surface area (TPSA) is 68.2 Å². The highest BCUT2D eigenvalue weighted by Crippen LogP contribution is 2.19. The minimum Gasteiger partial charge on any atom is -0.369 e. The van der Waals surface area contributed by atoms with Gasteiger partial charge in [0, 0.05) is 13.0 Å². The Bertz CT molecular complexity index is 549. The van der Waals surface area contributed by atoms with E-state index >= 15 is 0 Å². The van der Waals surface area contributed by atoms with Gasteiger partial charge in [0.05, 0.1) is 5.69 Å². The second kappa shape index (κ2) is 6.34. The Hall–Kier alpha value is -1.14. The molecule has 0 fully saturated rings. The molecule has 0 aliphatic heterocycles. The van der Waals surface area contributed by atoms with E-state index in [4.69, 9.17) is 5.73 Å². The van der Waals surface area contributed by atoms with Crippen LogP contribution in [0.2, 0.25) is 0 Å². The maximum absolute atomic E-state index is 5.57. The van der Waals surface area contributed by atoms with Gasteiger partial charge in [-0.15, -0.1) is 5.10 Å². The zero-order chi connectivity index (χ0) is 13.8. The number of anilines is 1. The molecule has 0 amide bonds. The summed E-state index contributed by atoms with van der Waals surface area (Å²) in [5, 5.41) is 7.86. The Balaban J connectivity index is 2.17. The van der Waals surface area contributed by atoms with Crippen LogP contribution < -0.4 is 11.1 Å². The fourth-order valence-electron chi connectivity index (χ4n) is 1.83. The lowest BCUT2D eigenvalue weighted by molar-refractivity contribution is 0.606. The monoisotopic (exact) mass is 325 g/mol. The Morgan fingerprint density at radius 2 is 2.21 bits per heavy atom. The van der Waals surface area contributed by atoms with Crippen LogP contribution in [-0.4, -0.2) is 27.7 Å². The quantitative estimate of drug-likeness (QED) is 0.856. The number of hydrogen-bond donors (Lipinski definition) is 2. The predicted molar refractivity (Wildman–Crippen MR) is 81.4 cm³/mol. The molecule has 0 radical (unpaired) electrons. The molecule has 104 valence electrons. The zero-order valence-corrected chi connectivity index (χ0v) is 12.9. The van der Waals surface area contributed by atoms with Gasteiger partial charge in [-0.25, -0.2) is 9.50 Å². The molecule has 0 aliphatic carbocycles. The van der Waals surface area contributed by atoms with Gasteiger partial charge in [0.25, 0.3) is 0 Å². The highest BCUT2D eigenvalue weighted by atomic mass is 79.9. The molecule has 0 spiro atoms. The molecule has 2 aromatic heterocycles. The van der Waals surface area contributed by atoms with E-state index in [1.165, 1.54) is 0 Å². The molecule has 0 saturated heterocycles. The van der Waals surface area contributed by atoms with Gasteiger partial charge < -0.3 is 11.1 Å². The van der Waals surface area contributed by atoms with Crippen LogP contribution in [-0.2, 0) is 6.42 Å². The standard InChI is InChI=1S/C13H20BrN5/c1-9(2)6-8-16-11-3-4-12-17-10(5-7-15)13(14)19(12)18-11/h3-4,9H,5-8,15H2,1-2H3,(H,16,18). The highest BCUT2D eigenvalue weighted by Gasteiger charge is 2.10. The molecular formula is C13H20BrN5.